The highest BCUT2D eigenvalue weighted by Gasteiger charge is 2.12. The average Bonchev–Trinajstić information content (AvgIpc) is 2.37. The molecule has 0 heterocycles. The minimum atomic E-state index is -3.73. The lowest BCUT2D eigenvalue weighted by molar-refractivity contribution is -0.137. The molecule has 1 unspecified atom stereocenters. The number of carboxylic acid groups (broad SMARTS) is 1. The van der Waals surface area contributed by atoms with Crippen LogP contribution in [0.25, 0.3) is 0 Å². The van der Waals surface area contributed by atoms with Gasteiger partial charge in [-0.1, -0.05) is 12.1 Å². The summed E-state index contributed by atoms with van der Waals surface area (Å²) in [5.41, 5.74) is 0.731. The molecular formula is C13H18N2O5S. The largest absolute Gasteiger partial charge is 0.481 e. The number of amides is 1. The van der Waals surface area contributed by atoms with Crippen LogP contribution in [-0.2, 0) is 19.6 Å². The van der Waals surface area contributed by atoms with Crippen molar-refractivity contribution < 1.29 is 23.1 Å². The smallest absolute Gasteiger partial charge is 0.303 e. The van der Waals surface area contributed by atoms with E-state index in [1.54, 1.807) is 19.1 Å². The summed E-state index contributed by atoms with van der Waals surface area (Å²) in [5, 5.41) is 16.2. The Balaban J connectivity index is 2.57. The zero-order valence-electron chi connectivity index (χ0n) is 11.6. The highest BCUT2D eigenvalue weighted by Crippen LogP contribution is 2.15. The minimum Gasteiger partial charge on any atom is -0.481 e. The van der Waals surface area contributed by atoms with E-state index < -0.39 is 16.0 Å². The molecule has 0 saturated heterocycles. The number of benzene rings is 1. The predicted molar refractivity (Wildman–Crippen MR) is 75.9 cm³/mol. The molecule has 0 saturated carbocycles. The Kier molecular flexibility index (Phi) is 5.86. The minimum absolute atomic E-state index is 0.00577. The first kappa shape index (κ1) is 17.1. The average molecular weight is 314 g/mol. The Morgan fingerprint density at radius 2 is 1.81 bits per heavy atom. The number of carbonyl (C=O) groups is 2. The van der Waals surface area contributed by atoms with Crippen LogP contribution in [-0.4, -0.2) is 25.4 Å². The molecule has 0 bridgehead atoms. The first-order valence-electron chi connectivity index (χ1n) is 6.34. The molecule has 116 valence electrons. The summed E-state index contributed by atoms with van der Waals surface area (Å²) in [6.07, 6.45) is 0.356. The second-order valence-electron chi connectivity index (χ2n) is 4.65. The van der Waals surface area contributed by atoms with Crippen LogP contribution in [0.15, 0.2) is 29.2 Å². The van der Waals surface area contributed by atoms with E-state index in [-0.39, 0.29) is 36.1 Å². The Morgan fingerprint density at radius 3 is 2.29 bits per heavy atom. The summed E-state index contributed by atoms with van der Waals surface area (Å²) in [6, 6.07) is 5.58. The van der Waals surface area contributed by atoms with Crippen LogP contribution in [0.2, 0.25) is 0 Å². The number of nitrogens with one attached hydrogen (secondary N) is 1. The maximum atomic E-state index is 11.6. The molecule has 0 aliphatic carbocycles. The number of rotatable bonds is 7. The Labute approximate surface area is 123 Å². The molecule has 1 rings (SSSR count). The molecule has 1 aromatic carbocycles. The molecule has 4 N–H and O–H groups in total. The van der Waals surface area contributed by atoms with Crippen LogP contribution in [0.5, 0.6) is 0 Å². The van der Waals surface area contributed by atoms with E-state index in [4.69, 9.17) is 10.2 Å². The van der Waals surface area contributed by atoms with Gasteiger partial charge in [0, 0.05) is 12.8 Å². The van der Waals surface area contributed by atoms with Gasteiger partial charge in [0.15, 0.2) is 0 Å². The monoisotopic (exact) mass is 314 g/mol. The number of primary sulfonamides is 1. The molecule has 1 atom stereocenters. The van der Waals surface area contributed by atoms with E-state index in [1.807, 2.05) is 0 Å². The van der Waals surface area contributed by atoms with Crippen molar-refractivity contribution in [2.45, 2.75) is 37.1 Å². The fourth-order valence-corrected chi connectivity index (χ4v) is 2.26. The molecule has 0 aromatic heterocycles. The van der Waals surface area contributed by atoms with Crippen molar-refractivity contribution in [1.82, 2.24) is 5.32 Å². The number of hydrogen-bond acceptors (Lipinski definition) is 4. The zero-order valence-corrected chi connectivity index (χ0v) is 12.4. The van der Waals surface area contributed by atoms with Gasteiger partial charge in [0.1, 0.15) is 0 Å². The van der Waals surface area contributed by atoms with Crippen molar-refractivity contribution in [3.05, 3.63) is 29.8 Å². The fourth-order valence-electron chi connectivity index (χ4n) is 1.74. The van der Waals surface area contributed by atoms with Crippen molar-refractivity contribution in [2.75, 3.05) is 0 Å². The number of carboxylic acids is 1. The Bertz CT molecular complexity index is 610. The lowest BCUT2D eigenvalue weighted by atomic mass is 10.1. The van der Waals surface area contributed by atoms with Gasteiger partial charge in [-0.3, -0.25) is 9.59 Å². The highest BCUT2D eigenvalue weighted by molar-refractivity contribution is 7.89. The van der Waals surface area contributed by atoms with Crippen molar-refractivity contribution in [1.29, 1.82) is 0 Å². The summed E-state index contributed by atoms with van der Waals surface area (Å²) in [6.45, 7) is 1.75. The van der Waals surface area contributed by atoms with Crippen molar-refractivity contribution in [2.24, 2.45) is 5.14 Å². The first-order chi connectivity index (χ1) is 9.70. The molecule has 0 radical (unpaired) electrons. The maximum absolute atomic E-state index is 11.6. The maximum Gasteiger partial charge on any atom is 0.303 e. The predicted octanol–water partition coefficient (Wildman–Crippen LogP) is 0.766. The first-order valence-corrected chi connectivity index (χ1v) is 7.88. The van der Waals surface area contributed by atoms with Gasteiger partial charge in [-0.2, -0.15) is 0 Å². The summed E-state index contributed by atoms with van der Waals surface area (Å²) in [5.74, 6) is -1.19. The number of nitrogens with two attached hydrogens (primary N) is 1. The third-order valence-corrected chi connectivity index (χ3v) is 3.81. The molecule has 8 heteroatoms. The summed E-state index contributed by atoms with van der Waals surface area (Å²) in [4.78, 5) is 22.0. The molecule has 1 aromatic rings. The standard InChI is InChI=1S/C13H18N2O5S/c1-9(15-12(16)3-2-4-13(17)18)10-5-7-11(8-6-10)21(14,19)20/h5-9H,2-4H2,1H3,(H,15,16)(H,17,18)(H2,14,19,20). The Morgan fingerprint density at radius 1 is 1.24 bits per heavy atom. The number of hydrogen-bond donors (Lipinski definition) is 3. The highest BCUT2D eigenvalue weighted by atomic mass is 32.2. The summed E-state index contributed by atoms with van der Waals surface area (Å²) in [7, 11) is -3.73. The molecular weight excluding hydrogens is 296 g/mol. The van der Waals surface area contributed by atoms with Gasteiger partial charge in [-0.25, -0.2) is 13.6 Å². The SMILES string of the molecule is CC(NC(=O)CCCC(=O)O)c1ccc(S(N)(=O)=O)cc1. The van der Waals surface area contributed by atoms with Gasteiger partial charge in [-0.05, 0) is 31.0 Å². The second kappa shape index (κ2) is 7.19. The van der Waals surface area contributed by atoms with Crippen LogP contribution >= 0.6 is 0 Å². The van der Waals surface area contributed by atoms with Gasteiger partial charge in [-0.15, -0.1) is 0 Å². The van der Waals surface area contributed by atoms with Gasteiger partial charge < -0.3 is 10.4 Å². The molecule has 21 heavy (non-hydrogen) atoms. The number of carbonyl (C=O) groups excluding carboxylic acids is 1. The van der Waals surface area contributed by atoms with Crippen LogP contribution in [0, 0.1) is 0 Å². The van der Waals surface area contributed by atoms with E-state index in [2.05, 4.69) is 5.32 Å². The van der Waals surface area contributed by atoms with E-state index in [1.165, 1.54) is 12.1 Å². The van der Waals surface area contributed by atoms with Crippen LogP contribution in [0.1, 0.15) is 37.8 Å². The third-order valence-electron chi connectivity index (χ3n) is 2.88. The van der Waals surface area contributed by atoms with Crippen LogP contribution in [0.3, 0.4) is 0 Å². The Hall–Kier alpha value is -1.93. The lowest BCUT2D eigenvalue weighted by Gasteiger charge is -2.14. The summed E-state index contributed by atoms with van der Waals surface area (Å²) < 4.78 is 22.3. The van der Waals surface area contributed by atoms with Crippen molar-refractivity contribution in [3.8, 4) is 0 Å². The van der Waals surface area contributed by atoms with E-state index in [0.717, 1.165) is 5.56 Å². The van der Waals surface area contributed by atoms with Crippen molar-refractivity contribution >= 4 is 21.9 Å². The number of sulfonamides is 1. The zero-order chi connectivity index (χ0) is 16.0. The molecule has 7 nitrogen and oxygen atoms in total. The normalized spacial score (nSPS) is 12.7. The van der Waals surface area contributed by atoms with E-state index in [9.17, 15) is 18.0 Å². The second-order valence-corrected chi connectivity index (χ2v) is 6.21. The summed E-state index contributed by atoms with van der Waals surface area (Å²) >= 11 is 0. The quantitative estimate of drug-likeness (QED) is 0.685. The molecule has 0 aliphatic heterocycles. The molecule has 1 amide bonds. The lowest BCUT2D eigenvalue weighted by Crippen LogP contribution is -2.26. The topological polar surface area (TPSA) is 127 Å². The van der Waals surface area contributed by atoms with Crippen LogP contribution in [0.4, 0.5) is 0 Å². The third kappa shape index (κ3) is 5.92. The molecule has 0 spiro atoms. The molecule has 0 aliphatic rings. The van der Waals surface area contributed by atoms with Gasteiger partial charge >= 0.3 is 5.97 Å². The molecule has 0 fully saturated rings. The van der Waals surface area contributed by atoms with E-state index in [0.29, 0.717) is 0 Å². The van der Waals surface area contributed by atoms with Gasteiger partial charge in [0.25, 0.3) is 0 Å². The van der Waals surface area contributed by atoms with E-state index >= 15 is 0 Å². The van der Waals surface area contributed by atoms with Gasteiger partial charge in [0.05, 0.1) is 10.9 Å². The van der Waals surface area contributed by atoms with Crippen LogP contribution < -0.4 is 10.5 Å². The fraction of sp³-hybridized carbons (Fsp3) is 0.385. The number of aliphatic carboxylic acids is 1. The van der Waals surface area contributed by atoms with Crippen molar-refractivity contribution in [3.63, 3.8) is 0 Å². The van der Waals surface area contributed by atoms with Gasteiger partial charge in [0.2, 0.25) is 15.9 Å².